The number of aromatic carboxylic acids is 1. The number of quaternary nitrogens is 1. The first kappa shape index (κ1) is 27.5. The van der Waals surface area contributed by atoms with Gasteiger partial charge in [0, 0.05) is 37.1 Å². The fourth-order valence-corrected chi connectivity index (χ4v) is 7.41. The molecule has 6 rings (SSSR count). The van der Waals surface area contributed by atoms with E-state index in [1.807, 2.05) is 65.1 Å². The number of ether oxygens (including phenoxy) is 1. The first-order valence-electron chi connectivity index (χ1n) is 14.8. The maximum atomic E-state index is 14.8. The van der Waals surface area contributed by atoms with E-state index in [-0.39, 0.29) is 16.1 Å². The molecular formula is C33H40N3O5+. The lowest BCUT2D eigenvalue weighted by molar-refractivity contribution is 0.0244. The lowest BCUT2D eigenvalue weighted by Gasteiger charge is -2.46. The molecule has 2 aliphatic carbocycles. The zero-order valence-electron chi connectivity index (χ0n) is 24.7. The van der Waals surface area contributed by atoms with Crippen LogP contribution in [0.5, 0.6) is 0 Å². The number of carboxylic acids is 1. The molecule has 1 amide bonds. The summed E-state index contributed by atoms with van der Waals surface area (Å²) in [5, 5.41) is 10.6. The van der Waals surface area contributed by atoms with Crippen LogP contribution in [0.3, 0.4) is 0 Å². The van der Waals surface area contributed by atoms with Crippen molar-refractivity contribution in [2.75, 3.05) is 0 Å². The summed E-state index contributed by atoms with van der Waals surface area (Å²) in [4.78, 5) is 41.3. The summed E-state index contributed by atoms with van der Waals surface area (Å²) in [6.45, 7) is 9.10. The minimum Gasteiger partial charge on any atom is -0.478 e. The Morgan fingerprint density at radius 1 is 1.12 bits per heavy atom. The van der Waals surface area contributed by atoms with Crippen LogP contribution in [-0.2, 0) is 17.6 Å². The Morgan fingerprint density at radius 2 is 1.85 bits per heavy atom. The van der Waals surface area contributed by atoms with Crippen LogP contribution in [-0.4, -0.2) is 38.8 Å². The summed E-state index contributed by atoms with van der Waals surface area (Å²) in [6.07, 6.45) is 14.8. The third-order valence-electron chi connectivity index (χ3n) is 9.25. The molecule has 216 valence electrons. The van der Waals surface area contributed by atoms with Crippen molar-refractivity contribution in [2.45, 2.75) is 103 Å². The minimum atomic E-state index is -1.24. The molecule has 0 saturated heterocycles. The largest absolute Gasteiger partial charge is 0.478 e. The molecule has 2 aliphatic heterocycles. The number of nitrogens with zero attached hydrogens (tertiary/aromatic N) is 2. The van der Waals surface area contributed by atoms with E-state index in [1.54, 1.807) is 4.57 Å². The number of hydrogen-bond acceptors (Lipinski definition) is 4. The summed E-state index contributed by atoms with van der Waals surface area (Å²) in [5.74, 6) is -0.956. The zero-order chi connectivity index (χ0) is 29.3. The van der Waals surface area contributed by atoms with E-state index in [0.717, 1.165) is 30.5 Å². The number of aromatic nitrogens is 1. The van der Waals surface area contributed by atoms with Crippen LogP contribution >= 0.6 is 0 Å². The summed E-state index contributed by atoms with van der Waals surface area (Å²) in [6, 6.07) is 4.14. The number of benzene rings is 1. The van der Waals surface area contributed by atoms with Crippen LogP contribution in [0.25, 0.3) is 17.3 Å². The van der Waals surface area contributed by atoms with Gasteiger partial charge in [-0.05, 0) is 70.1 Å². The molecule has 0 radical (unpaired) electrons. The summed E-state index contributed by atoms with van der Waals surface area (Å²) < 4.78 is 7.11. The average Bonchev–Trinajstić information content (AvgIpc) is 3.24. The first-order valence-corrected chi connectivity index (χ1v) is 14.8. The molecule has 2 N–H and O–H groups in total. The molecule has 0 unspecified atom stereocenters. The van der Waals surface area contributed by atoms with Crippen molar-refractivity contribution in [1.82, 2.24) is 14.6 Å². The quantitative estimate of drug-likeness (QED) is 0.391. The van der Waals surface area contributed by atoms with Crippen molar-refractivity contribution in [3.63, 3.8) is 0 Å². The Balaban J connectivity index is 1.71. The van der Waals surface area contributed by atoms with Gasteiger partial charge in [-0.2, -0.15) is 5.43 Å². The minimum absolute atomic E-state index is 0.138. The molecule has 0 bridgehead atoms. The van der Waals surface area contributed by atoms with Gasteiger partial charge < -0.3 is 9.84 Å². The number of hydrogen-bond donors (Lipinski definition) is 2. The number of rotatable bonds is 3. The van der Waals surface area contributed by atoms with Crippen LogP contribution in [0, 0.1) is 0 Å². The number of carboxylic acid groups (broad SMARTS) is 1. The van der Waals surface area contributed by atoms with E-state index >= 15 is 0 Å². The lowest BCUT2D eigenvalue weighted by Crippen LogP contribution is -2.72. The Kier molecular flexibility index (Phi) is 6.34. The smallest absolute Gasteiger partial charge is 0.453 e. The van der Waals surface area contributed by atoms with Crippen LogP contribution in [0.4, 0.5) is 10.5 Å². The van der Waals surface area contributed by atoms with Gasteiger partial charge >= 0.3 is 12.1 Å². The van der Waals surface area contributed by atoms with Crippen molar-refractivity contribution >= 4 is 29.7 Å². The standard InChI is InChI=1S/C33H39N3O5/c1-32(2,3)41-31(40)34-36-19-11-15-22-21(20-12-7-6-8-13-20)17-18-24(28(22)36)27-26(29(37)38)23-14-9-10-16-25(23)35(27)30(39)33(36,4)5/h9,11,14,17-20H,6-8,10,12-13,15-16H2,1-5H3,(H-,34,37,38,40)/p+1/t36-/m0/s1. The summed E-state index contributed by atoms with van der Waals surface area (Å²) in [5.41, 5.74) is 6.71. The van der Waals surface area contributed by atoms with Gasteiger partial charge in [0.2, 0.25) is 5.54 Å². The molecule has 8 nitrogen and oxygen atoms in total. The van der Waals surface area contributed by atoms with E-state index in [4.69, 9.17) is 4.74 Å². The van der Waals surface area contributed by atoms with E-state index in [1.165, 1.54) is 24.8 Å². The molecule has 1 aromatic heterocycles. The summed E-state index contributed by atoms with van der Waals surface area (Å²) in [7, 11) is 0. The molecule has 1 aromatic carbocycles. The highest BCUT2D eigenvalue weighted by atomic mass is 16.6. The van der Waals surface area contributed by atoms with E-state index in [0.29, 0.717) is 41.3 Å². The topological polar surface area (TPSA) is 97.6 Å². The highest BCUT2D eigenvalue weighted by molar-refractivity contribution is 6.09. The van der Waals surface area contributed by atoms with E-state index in [2.05, 4.69) is 11.5 Å². The van der Waals surface area contributed by atoms with Gasteiger partial charge in [-0.3, -0.25) is 9.36 Å². The second kappa shape index (κ2) is 9.44. The van der Waals surface area contributed by atoms with Gasteiger partial charge in [0.15, 0.2) is 5.69 Å². The molecule has 41 heavy (non-hydrogen) atoms. The second-order valence-corrected chi connectivity index (χ2v) is 13.3. The van der Waals surface area contributed by atoms with Crippen molar-refractivity contribution in [2.24, 2.45) is 0 Å². The fourth-order valence-electron chi connectivity index (χ4n) is 7.41. The molecule has 4 aliphatic rings. The van der Waals surface area contributed by atoms with Crippen LogP contribution in [0.1, 0.15) is 117 Å². The number of carbonyl (C=O) groups excluding carboxylic acids is 2. The maximum absolute atomic E-state index is 14.8. The van der Waals surface area contributed by atoms with Gasteiger partial charge in [0.05, 0.1) is 16.8 Å². The van der Waals surface area contributed by atoms with Crippen LogP contribution in [0.15, 0.2) is 30.5 Å². The molecule has 2 aromatic rings. The number of carbonyl (C=O) groups is 3. The number of allylic oxidation sites excluding steroid dienone is 2. The SMILES string of the molecule is CC(C)(C)OC(=O)N[N@@+]12C=CCc3c(C4CCCCC4)ccc(c31)-c1c(C(=O)O)c3c(n1C(=O)C2(C)C)CCC=C3. The lowest BCUT2D eigenvalue weighted by atomic mass is 9.79. The summed E-state index contributed by atoms with van der Waals surface area (Å²) >= 11 is 0. The van der Waals surface area contributed by atoms with Crippen LogP contribution in [0.2, 0.25) is 0 Å². The monoisotopic (exact) mass is 558 g/mol. The molecule has 8 heteroatoms. The Hall–Kier alpha value is -3.65. The maximum Gasteiger partial charge on any atom is 0.453 e. The van der Waals surface area contributed by atoms with Crippen LogP contribution < -0.4 is 10.0 Å². The molecule has 1 fully saturated rings. The Labute approximate surface area is 241 Å². The highest BCUT2D eigenvalue weighted by Gasteiger charge is 2.60. The predicted octanol–water partition coefficient (Wildman–Crippen LogP) is 7.11. The Bertz CT molecular complexity index is 1530. The molecule has 1 atom stereocenters. The van der Waals surface area contributed by atoms with Gasteiger partial charge in [0.25, 0.3) is 5.91 Å². The predicted molar refractivity (Wildman–Crippen MR) is 159 cm³/mol. The molecule has 1 saturated carbocycles. The number of fused-ring (bicyclic) bond motifs is 4. The average molecular weight is 559 g/mol. The number of nitrogens with one attached hydrogen (secondary N) is 1. The van der Waals surface area contributed by atoms with Crippen molar-refractivity contribution in [3.05, 3.63) is 58.4 Å². The van der Waals surface area contributed by atoms with Crippen molar-refractivity contribution in [3.8, 4) is 11.3 Å². The van der Waals surface area contributed by atoms with Gasteiger partial charge in [-0.25, -0.2) is 9.59 Å². The first-order chi connectivity index (χ1) is 19.4. The molecule has 0 spiro atoms. The van der Waals surface area contributed by atoms with Crippen molar-refractivity contribution < 1.29 is 24.2 Å². The van der Waals surface area contributed by atoms with E-state index in [9.17, 15) is 19.5 Å². The third-order valence-corrected chi connectivity index (χ3v) is 9.25. The fraction of sp³-hybridized carbons (Fsp3) is 0.485. The van der Waals surface area contributed by atoms with Crippen molar-refractivity contribution in [1.29, 1.82) is 0 Å². The molecule has 3 heterocycles. The molecular weight excluding hydrogens is 518 g/mol. The zero-order valence-corrected chi connectivity index (χ0v) is 24.7. The van der Waals surface area contributed by atoms with Gasteiger partial charge in [0.1, 0.15) is 11.8 Å². The number of amides is 1. The Morgan fingerprint density at radius 3 is 2.54 bits per heavy atom. The second-order valence-electron chi connectivity index (χ2n) is 13.3. The highest BCUT2D eigenvalue weighted by Crippen LogP contribution is 2.53. The van der Waals surface area contributed by atoms with E-state index < -0.39 is 23.2 Å². The third kappa shape index (κ3) is 4.09. The van der Waals surface area contributed by atoms with Gasteiger partial charge in [-0.1, -0.05) is 37.5 Å². The van der Waals surface area contributed by atoms with Gasteiger partial charge in [-0.15, -0.1) is 4.59 Å². The normalized spacial score (nSPS) is 22.8.